The summed E-state index contributed by atoms with van der Waals surface area (Å²) in [5.74, 6) is -1.40. The van der Waals surface area contributed by atoms with Gasteiger partial charge in [0.25, 0.3) is 5.89 Å². The lowest BCUT2D eigenvalue weighted by molar-refractivity contribution is -0.173. The Morgan fingerprint density at radius 2 is 2.00 bits per heavy atom. The number of ether oxygens (including phenoxy) is 1. The predicted octanol–water partition coefficient (Wildman–Crippen LogP) is 1.10. The van der Waals surface area contributed by atoms with Crippen LogP contribution < -0.4 is 5.73 Å². The number of carbonyl (C=O) groups is 1. The Labute approximate surface area is 118 Å². The summed E-state index contributed by atoms with van der Waals surface area (Å²) in [5.41, 5.74) is 3.13. The third-order valence-corrected chi connectivity index (χ3v) is 2.74. The van der Waals surface area contributed by atoms with E-state index < -0.39 is 23.2 Å². The van der Waals surface area contributed by atoms with E-state index in [9.17, 15) is 9.90 Å². The molecule has 1 unspecified atom stereocenters. The van der Waals surface area contributed by atoms with E-state index in [0.29, 0.717) is 12.3 Å². The molecule has 0 aliphatic rings. The van der Waals surface area contributed by atoms with Gasteiger partial charge in [0.2, 0.25) is 11.6 Å². The number of nitrogens with zero attached hydrogens (tertiary/aromatic N) is 2. The van der Waals surface area contributed by atoms with Crippen LogP contribution in [0.25, 0.3) is 0 Å². The van der Waals surface area contributed by atoms with E-state index in [1.54, 1.807) is 27.7 Å². The minimum absolute atomic E-state index is 0.174. The van der Waals surface area contributed by atoms with Crippen LogP contribution in [0.15, 0.2) is 4.42 Å². The van der Waals surface area contributed by atoms with E-state index in [1.807, 2.05) is 6.92 Å². The molecule has 2 atom stereocenters. The molecule has 0 fully saturated rings. The molecule has 3 N–H and O–H groups in total. The number of hydrogen-bond donors (Lipinski definition) is 2. The van der Waals surface area contributed by atoms with Crippen molar-refractivity contribution in [3.8, 4) is 0 Å². The molecule has 0 aliphatic carbocycles. The first-order valence-corrected chi connectivity index (χ1v) is 6.68. The molecule has 0 spiro atoms. The summed E-state index contributed by atoms with van der Waals surface area (Å²) in [6.45, 7) is 8.79. The minimum atomic E-state index is -2.04. The van der Waals surface area contributed by atoms with Gasteiger partial charge in [-0.15, -0.1) is 10.2 Å². The number of rotatable bonds is 5. The van der Waals surface area contributed by atoms with E-state index in [0.717, 1.165) is 0 Å². The maximum atomic E-state index is 12.1. The van der Waals surface area contributed by atoms with Gasteiger partial charge >= 0.3 is 5.97 Å². The fraction of sp³-hybridized carbons (Fsp3) is 0.769. The van der Waals surface area contributed by atoms with Gasteiger partial charge in [0.1, 0.15) is 11.5 Å². The van der Waals surface area contributed by atoms with Crippen molar-refractivity contribution in [2.24, 2.45) is 11.7 Å². The Balaban J connectivity index is 2.99. The summed E-state index contributed by atoms with van der Waals surface area (Å²) in [4.78, 5) is 12.1. The standard InChI is InChI=1S/C13H23N3O4/c1-6-8(10(17)20-12(3,4)5)13(14,18)11-16-15-9(7-2)19-11/h8,18H,6-7,14H2,1-5H3/t8?,13-/m0/s1. The summed E-state index contributed by atoms with van der Waals surface area (Å²) in [6.07, 6.45) is 0.804. The van der Waals surface area contributed by atoms with Gasteiger partial charge < -0.3 is 14.3 Å². The lowest BCUT2D eigenvalue weighted by Gasteiger charge is -2.30. The largest absolute Gasteiger partial charge is 0.460 e. The second-order valence-corrected chi connectivity index (χ2v) is 5.67. The Morgan fingerprint density at radius 3 is 2.40 bits per heavy atom. The quantitative estimate of drug-likeness (QED) is 0.615. The number of carbonyl (C=O) groups excluding carboxylic acids is 1. The molecule has 7 heteroatoms. The highest BCUT2D eigenvalue weighted by atomic mass is 16.6. The molecule has 0 saturated carbocycles. The fourth-order valence-corrected chi connectivity index (χ4v) is 1.74. The minimum Gasteiger partial charge on any atom is -0.460 e. The van der Waals surface area contributed by atoms with E-state index in [1.165, 1.54) is 0 Å². The summed E-state index contributed by atoms with van der Waals surface area (Å²) in [7, 11) is 0. The van der Waals surface area contributed by atoms with Gasteiger partial charge in [0.05, 0.1) is 0 Å². The third-order valence-electron chi connectivity index (χ3n) is 2.74. The lowest BCUT2D eigenvalue weighted by Crippen LogP contribution is -2.49. The Bertz CT molecular complexity index is 462. The molecule has 0 aliphatic heterocycles. The van der Waals surface area contributed by atoms with Crippen LogP contribution in [-0.2, 0) is 21.7 Å². The molecule has 0 aromatic carbocycles. The van der Waals surface area contributed by atoms with Crippen molar-refractivity contribution < 1.29 is 19.1 Å². The maximum Gasteiger partial charge on any atom is 0.314 e. The van der Waals surface area contributed by atoms with E-state index in [2.05, 4.69) is 10.2 Å². The van der Waals surface area contributed by atoms with Gasteiger partial charge in [0, 0.05) is 6.42 Å². The maximum absolute atomic E-state index is 12.1. The molecule has 1 aromatic heterocycles. The molecule has 0 saturated heterocycles. The molecule has 0 bridgehead atoms. The van der Waals surface area contributed by atoms with Gasteiger partial charge in [0.15, 0.2) is 0 Å². The monoisotopic (exact) mass is 285 g/mol. The Kier molecular flexibility index (Phi) is 4.88. The molecule has 1 heterocycles. The van der Waals surface area contributed by atoms with E-state index in [4.69, 9.17) is 14.9 Å². The topological polar surface area (TPSA) is 111 Å². The van der Waals surface area contributed by atoms with E-state index >= 15 is 0 Å². The number of nitrogens with two attached hydrogens (primary N) is 1. The summed E-state index contributed by atoms with van der Waals surface area (Å²) < 4.78 is 10.5. The van der Waals surface area contributed by atoms with Gasteiger partial charge in [-0.3, -0.25) is 10.5 Å². The van der Waals surface area contributed by atoms with E-state index in [-0.39, 0.29) is 12.3 Å². The summed E-state index contributed by atoms with van der Waals surface area (Å²) >= 11 is 0. The first-order chi connectivity index (χ1) is 9.11. The summed E-state index contributed by atoms with van der Waals surface area (Å²) in [6, 6.07) is 0. The predicted molar refractivity (Wildman–Crippen MR) is 71.4 cm³/mol. The van der Waals surface area contributed by atoms with Gasteiger partial charge in [-0.1, -0.05) is 13.8 Å². The van der Waals surface area contributed by atoms with Crippen LogP contribution in [0, 0.1) is 5.92 Å². The second-order valence-electron chi connectivity index (χ2n) is 5.67. The molecule has 1 rings (SSSR count). The summed E-state index contributed by atoms with van der Waals surface area (Å²) in [5, 5.41) is 17.9. The third kappa shape index (κ3) is 3.77. The number of esters is 1. The van der Waals surface area contributed by atoms with Crippen molar-refractivity contribution in [3.63, 3.8) is 0 Å². The number of aromatic nitrogens is 2. The smallest absolute Gasteiger partial charge is 0.314 e. The van der Waals surface area contributed by atoms with Crippen LogP contribution >= 0.6 is 0 Å². The van der Waals surface area contributed by atoms with Crippen LogP contribution in [0.5, 0.6) is 0 Å². The molecule has 0 amide bonds. The fourth-order valence-electron chi connectivity index (χ4n) is 1.74. The van der Waals surface area contributed by atoms with Crippen molar-refractivity contribution >= 4 is 5.97 Å². The lowest BCUT2D eigenvalue weighted by atomic mass is 9.93. The number of aliphatic hydroxyl groups is 1. The van der Waals surface area contributed by atoms with Gasteiger partial charge in [-0.05, 0) is 27.2 Å². The molecule has 7 nitrogen and oxygen atoms in total. The van der Waals surface area contributed by atoms with Crippen molar-refractivity contribution in [2.75, 3.05) is 0 Å². The molecule has 114 valence electrons. The number of hydrogen-bond acceptors (Lipinski definition) is 7. The van der Waals surface area contributed by atoms with Crippen LogP contribution in [0.1, 0.15) is 52.8 Å². The zero-order valence-corrected chi connectivity index (χ0v) is 12.6. The molecule has 0 radical (unpaired) electrons. The molecule has 1 aromatic rings. The first-order valence-electron chi connectivity index (χ1n) is 6.68. The van der Waals surface area contributed by atoms with Crippen molar-refractivity contribution in [1.29, 1.82) is 0 Å². The van der Waals surface area contributed by atoms with Gasteiger partial charge in [-0.2, -0.15) is 0 Å². The zero-order valence-electron chi connectivity index (χ0n) is 12.6. The zero-order chi connectivity index (χ0) is 15.6. The van der Waals surface area contributed by atoms with Crippen LogP contribution in [0.3, 0.4) is 0 Å². The van der Waals surface area contributed by atoms with Gasteiger partial charge in [-0.25, -0.2) is 0 Å². The average molecular weight is 285 g/mol. The average Bonchev–Trinajstić information content (AvgIpc) is 2.75. The van der Waals surface area contributed by atoms with Crippen molar-refractivity contribution in [2.45, 2.75) is 58.8 Å². The Morgan fingerprint density at radius 1 is 1.40 bits per heavy atom. The molecular weight excluding hydrogens is 262 g/mol. The van der Waals surface area contributed by atoms with Crippen LogP contribution in [0.4, 0.5) is 0 Å². The van der Waals surface area contributed by atoms with Crippen LogP contribution in [0.2, 0.25) is 0 Å². The highest BCUT2D eigenvalue weighted by Crippen LogP contribution is 2.28. The highest BCUT2D eigenvalue weighted by molar-refractivity contribution is 5.74. The SMILES string of the molecule is CCc1nnc([C@@](N)(O)C(CC)C(=O)OC(C)(C)C)o1. The van der Waals surface area contributed by atoms with Crippen LogP contribution in [-0.4, -0.2) is 26.9 Å². The normalized spacial score (nSPS) is 16.6. The Hall–Kier alpha value is -1.47. The molecule has 20 heavy (non-hydrogen) atoms. The second kappa shape index (κ2) is 5.88. The van der Waals surface area contributed by atoms with Crippen molar-refractivity contribution in [3.05, 3.63) is 11.8 Å². The molecular formula is C13H23N3O4. The number of aryl methyl sites for hydroxylation is 1. The van der Waals surface area contributed by atoms with Crippen molar-refractivity contribution in [1.82, 2.24) is 10.2 Å². The highest BCUT2D eigenvalue weighted by Gasteiger charge is 2.45. The first kappa shape index (κ1) is 16.6.